The lowest BCUT2D eigenvalue weighted by atomic mass is 10.4. The van der Waals surface area contributed by atoms with Gasteiger partial charge in [-0.3, -0.25) is 0 Å². The van der Waals surface area contributed by atoms with E-state index < -0.39 is 9.84 Å². The van der Waals surface area contributed by atoms with Gasteiger partial charge in [0.25, 0.3) is 0 Å². The minimum atomic E-state index is -2.99. The van der Waals surface area contributed by atoms with Gasteiger partial charge in [-0.25, -0.2) is 18.4 Å². The average molecular weight is 226 g/mol. The molecule has 1 N–H and O–H groups in total. The molecule has 0 radical (unpaired) electrons. The predicted octanol–water partition coefficient (Wildman–Crippen LogP) is -0.195. The maximum Gasteiger partial charge on any atom is 0.223 e. The number of nitriles is 1. The Hall–Kier alpha value is -1.68. The molecule has 1 heterocycles. The van der Waals surface area contributed by atoms with Gasteiger partial charge in [0.2, 0.25) is 5.95 Å². The zero-order valence-electron chi connectivity index (χ0n) is 8.14. The number of rotatable bonds is 4. The molecule has 0 aliphatic rings. The van der Waals surface area contributed by atoms with E-state index in [0.29, 0.717) is 0 Å². The molecule has 0 atom stereocenters. The van der Waals surface area contributed by atoms with Crippen molar-refractivity contribution in [3.63, 3.8) is 0 Å². The highest BCUT2D eigenvalue weighted by molar-refractivity contribution is 7.90. The van der Waals surface area contributed by atoms with Crippen LogP contribution in [-0.2, 0) is 9.84 Å². The molecule has 0 amide bonds. The second kappa shape index (κ2) is 4.70. The Kier molecular flexibility index (Phi) is 3.57. The van der Waals surface area contributed by atoms with E-state index in [1.807, 2.05) is 6.07 Å². The quantitative estimate of drug-likeness (QED) is 0.764. The molecular formula is C8H10N4O2S. The fraction of sp³-hybridized carbons (Fsp3) is 0.375. The van der Waals surface area contributed by atoms with Crippen molar-refractivity contribution in [2.75, 3.05) is 23.9 Å². The Labute approximate surface area is 87.9 Å². The van der Waals surface area contributed by atoms with Crippen LogP contribution in [0.2, 0.25) is 0 Å². The van der Waals surface area contributed by atoms with E-state index in [1.165, 1.54) is 12.3 Å². The van der Waals surface area contributed by atoms with Crippen molar-refractivity contribution in [1.29, 1.82) is 5.26 Å². The van der Waals surface area contributed by atoms with Gasteiger partial charge in [0.15, 0.2) is 0 Å². The SMILES string of the molecule is CS(=O)(=O)CCNc1nccc(C#N)n1. The number of nitrogens with zero attached hydrogens (tertiary/aromatic N) is 3. The van der Waals surface area contributed by atoms with Crippen LogP contribution in [0.3, 0.4) is 0 Å². The van der Waals surface area contributed by atoms with Gasteiger partial charge in [-0.1, -0.05) is 0 Å². The maximum absolute atomic E-state index is 10.8. The van der Waals surface area contributed by atoms with Gasteiger partial charge in [0.05, 0.1) is 5.75 Å². The van der Waals surface area contributed by atoms with Gasteiger partial charge in [0.1, 0.15) is 21.6 Å². The van der Waals surface area contributed by atoms with E-state index in [-0.39, 0.29) is 23.9 Å². The Bertz CT molecular complexity index is 478. The molecule has 1 aromatic rings. The molecule has 0 saturated carbocycles. The first-order valence-corrected chi connectivity index (χ1v) is 6.22. The van der Waals surface area contributed by atoms with Crippen LogP contribution in [0.5, 0.6) is 0 Å². The third kappa shape index (κ3) is 4.37. The van der Waals surface area contributed by atoms with Crippen molar-refractivity contribution in [2.45, 2.75) is 0 Å². The molecule has 7 heteroatoms. The topological polar surface area (TPSA) is 95.7 Å². The Balaban J connectivity index is 2.55. The van der Waals surface area contributed by atoms with Crippen molar-refractivity contribution >= 4 is 15.8 Å². The highest BCUT2D eigenvalue weighted by atomic mass is 32.2. The lowest BCUT2D eigenvalue weighted by Gasteiger charge is -2.02. The number of hydrogen-bond donors (Lipinski definition) is 1. The summed E-state index contributed by atoms with van der Waals surface area (Å²) in [6.45, 7) is 0.230. The summed E-state index contributed by atoms with van der Waals surface area (Å²) in [6, 6.07) is 3.34. The second-order valence-corrected chi connectivity index (χ2v) is 5.19. The van der Waals surface area contributed by atoms with Crippen LogP contribution in [-0.4, -0.2) is 36.9 Å². The summed E-state index contributed by atoms with van der Waals surface area (Å²) < 4.78 is 21.6. The third-order valence-corrected chi connectivity index (χ3v) is 2.47. The smallest absolute Gasteiger partial charge is 0.223 e. The molecule has 1 aromatic heterocycles. The fourth-order valence-corrected chi connectivity index (χ4v) is 1.33. The number of sulfone groups is 1. The second-order valence-electron chi connectivity index (χ2n) is 2.93. The molecule has 0 unspecified atom stereocenters. The summed E-state index contributed by atoms with van der Waals surface area (Å²) in [5.74, 6) is 0.269. The summed E-state index contributed by atoms with van der Waals surface area (Å²) in [6.07, 6.45) is 2.59. The molecule has 6 nitrogen and oxygen atoms in total. The molecule has 0 spiro atoms. The van der Waals surface area contributed by atoms with Crippen LogP contribution in [0.25, 0.3) is 0 Å². The van der Waals surface area contributed by atoms with Crippen LogP contribution in [0, 0.1) is 11.3 Å². The fourth-order valence-electron chi connectivity index (χ4n) is 0.854. The summed E-state index contributed by atoms with van der Waals surface area (Å²) >= 11 is 0. The van der Waals surface area contributed by atoms with Gasteiger partial charge in [0, 0.05) is 19.0 Å². The number of nitrogens with one attached hydrogen (secondary N) is 1. The first-order valence-electron chi connectivity index (χ1n) is 4.16. The molecular weight excluding hydrogens is 216 g/mol. The molecule has 0 aliphatic carbocycles. The normalized spacial score (nSPS) is 10.7. The molecule has 0 aromatic carbocycles. The van der Waals surface area contributed by atoms with Crippen LogP contribution in [0.1, 0.15) is 5.69 Å². The van der Waals surface area contributed by atoms with Crippen molar-refractivity contribution < 1.29 is 8.42 Å². The zero-order chi connectivity index (χ0) is 11.3. The summed E-state index contributed by atoms with van der Waals surface area (Å²) in [4.78, 5) is 7.67. The van der Waals surface area contributed by atoms with E-state index in [1.54, 1.807) is 0 Å². The Morgan fingerprint density at radius 1 is 1.60 bits per heavy atom. The van der Waals surface area contributed by atoms with E-state index in [2.05, 4.69) is 15.3 Å². The highest BCUT2D eigenvalue weighted by Crippen LogP contribution is 1.98. The van der Waals surface area contributed by atoms with E-state index in [9.17, 15) is 8.42 Å². The number of anilines is 1. The summed E-state index contributed by atoms with van der Waals surface area (Å²) in [7, 11) is -2.99. The van der Waals surface area contributed by atoms with Gasteiger partial charge >= 0.3 is 0 Å². The molecule has 80 valence electrons. The van der Waals surface area contributed by atoms with E-state index >= 15 is 0 Å². The predicted molar refractivity (Wildman–Crippen MR) is 54.9 cm³/mol. The first-order chi connectivity index (χ1) is 7.01. The third-order valence-electron chi connectivity index (χ3n) is 1.53. The molecule has 0 bridgehead atoms. The minimum Gasteiger partial charge on any atom is -0.353 e. The first kappa shape index (κ1) is 11.4. The van der Waals surface area contributed by atoms with Crippen LogP contribution in [0.15, 0.2) is 12.3 Å². The lowest BCUT2D eigenvalue weighted by molar-refractivity contribution is 0.602. The van der Waals surface area contributed by atoms with Gasteiger partial charge in [-0.05, 0) is 6.07 Å². The lowest BCUT2D eigenvalue weighted by Crippen LogP contribution is -2.15. The molecule has 0 aliphatic heterocycles. The number of hydrogen-bond acceptors (Lipinski definition) is 6. The van der Waals surface area contributed by atoms with Crippen molar-refractivity contribution in [3.8, 4) is 6.07 Å². The van der Waals surface area contributed by atoms with Crippen LogP contribution >= 0.6 is 0 Å². The van der Waals surface area contributed by atoms with Gasteiger partial charge in [-0.2, -0.15) is 5.26 Å². The minimum absolute atomic E-state index is 0.00708. The van der Waals surface area contributed by atoms with Crippen molar-refractivity contribution in [3.05, 3.63) is 18.0 Å². The Morgan fingerprint density at radius 2 is 2.33 bits per heavy atom. The van der Waals surface area contributed by atoms with E-state index in [4.69, 9.17) is 5.26 Å². The van der Waals surface area contributed by atoms with Crippen LogP contribution < -0.4 is 5.32 Å². The summed E-state index contributed by atoms with van der Waals surface area (Å²) in [5.41, 5.74) is 0.242. The molecule has 1 rings (SSSR count). The van der Waals surface area contributed by atoms with Gasteiger partial charge < -0.3 is 5.32 Å². The van der Waals surface area contributed by atoms with E-state index in [0.717, 1.165) is 6.26 Å². The molecule has 0 saturated heterocycles. The van der Waals surface area contributed by atoms with Crippen LogP contribution in [0.4, 0.5) is 5.95 Å². The van der Waals surface area contributed by atoms with Crippen molar-refractivity contribution in [1.82, 2.24) is 9.97 Å². The maximum atomic E-state index is 10.8. The standard InChI is InChI=1S/C8H10N4O2S/c1-15(13,14)5-4-11-8-10-3-2-7(6-9)12-8/h2-3H,4-5H2,1H3,(H,10,11,12). The Morgan fingerprint density at radius 3 is 2.93 bits per heavy atom. The highest BCUT2D eigenvalue weighted by Gasteiger charge is 2.02. The van der Waals surface area contributed by atoms with Gasteiger partial charge in [-0.15, -0.1) is 0 Å². The summed E-state index contributed by atoms with van der Waals surface area (Å²) in [5, 5.41) is 11.3. The average Bonchev–Trinajstić information content (AvgIpc) is 2.16. The molecule has 0 fully saturated rings. The monoisotopic (exact) mass is 226 g/mol. The largest absolute Gasteiger partial charge is 0.353 e. The zero-order valence-corrected chi connectivity index (χ0v) is 8.95. The number of aromatic nitrogens is 2. The van der Waals surface area contributed by atoms with Crippen molar-refractivity contribution in [2.24, 2.45) is 0 Å². The molecule has 15 heavy (non-hydrogen) atoms.